The second kappa shape index (κ2) is 12.9. The van der Waals surface area contributed by atoms with Crippen molar-refractivity contribution >= 4 is 11.6 Å². The Labute approximate surface area is 331 Å². The van der Waals surface area contributed by atoms with Gasteiger partial charge in [0.25, 0.3) is 0 Å². The molecule has 0 aromatic rings. The van der Waals surface area contributed by atoms with Crippen LogP contribution in [0.2, 0.25) is 0 Å². The monoisotopic (exact) mass is 772 g/mol. The minimum Gasteiger partial charge on any atom is -0.393 e. The molecule has 20 atom stereocenters. The van der Waals surface area contributed by atoms with Gasteiger partial charge in [0.15, 0.2) is 11.2 Å². The third-order valence-electron chi connectivity index (χ3n) is 18.5. The molecule has 8 rings (SSSR count). The van der Waals surface area contributed by atoms with Crippen molar-refractivity contribution in [3.8, 4) is 49.4 Å². The van der Waals surface area contributed by atoms with Gasteiger partial charge in [-0.25, -0.2) is 0 Å². The molecule has 0 heterocycles. The summed E-state index contributed by atoms with van der Waals surface area (Å²) in [5, 5.41) is 87.1. The van der Waals surface area contributed by atoms with E-state index in [4.69, 9.17) is 25.7 Å². The molecule has 0 aliphatic heterocycles. The zero-order valence-electron chi connectivity index (χ0n) is 33.1. The van der Waals surface area contributed by atoms with Crippen LogP contribution in [0.3, 0.4) is 0 Å². The van der Waals surface area contributed by atoms with Crippen LogP contribution in [0, 0.1) is 118 Å². The van der Waals surface area contributed by atoms with Crippen LogP contribution in [-0.2, 0) is 9.59 Å². The van der Waals surface area contributed by atoms with E-state index in [2.05, 4.69) is 37.5 Å². The molecule has 8 N–H and O–H groups in total. The van der Waals surface area contributed by atoms with Crippen molar-refractivity contribution in [1.82, 2.24) is 0 Å². The van der Waals surface area contributed by atoms with Gasteiger partial charge in [0.1, 0.15) is 23.4 Å². The zero-order chi connectivity index (χ0) is 41.4. The Hall–Kier alpha value is -2.74. The first-order valence-electron chi connectivity index (χ1n) is 20.6. The lowest BCUT2D eigenvalue weighted by Crippen LogP contribution is -2.62. The molecule has 0 aromatic heterocycles. The van der Waals surface area contributed by atoms with Crippen LogP contribution in [0.4, 0.5) is 0 Å². The number of hydrogen-bond acceptors (Lipinski definition) is 10. The first-order chi connectivity index (χ1) is 25.9. The number of carbonyl (C=O) groups excluding carboxylic acids is 2. The molecule has 304 valence electrons. The number of fused-ring (bicyclic) bond motifs is 10. The fraction of sp³-hybridized carbons (Fsp3) is 0.783. The maximum absolute atomic E-state index is 12.7. The number of carbonyl (C=O) groups is 2. The molecule has 0 aromatic carbocycles. The van der Waals surface area contributed by atoms with Crippen molar-refractivity contribution in [3.05, 3.63) is 0 Å². The van der Waals surface area contributed by atoms with Crippen LogP contribution >= 0.6 is 0 Å². The Morgan fingerprint density at radius 1 is 0.536 bits per heavy atom. The maximum atomic E-state index is 12.7. The van der Waals surface area contributed by atoms with Crippen LogP contribution in [0.5, 0.6) is 0 Å². The largest absolute Gasteiger partial charge is 0.393 e. The van der Waals surface area contributed by atoms with Crippen LogP contribution in [0.1, 0.15) is 105 Å². The molecule has 10 heteroatoms. The lowest BCUT2D eigenvalue weighted by Gasteiger charge is -2.62. The average molecular weight is 773 g/mol. The van der Waals surface area contributed by atoms with Gasteiger partial charge in [-0.15, -0.1) is 25.7 Å². The quantitative estimate of drug-likeness (QED) is 0.168. The summed E-state index contributed by atoms with van der Waals surface area (Å²) in [5.41, 5.74) is -8.48. The first-order valence-corrected chi connectivity index (χ1v) is 20.6. The highest BCUT2D eigenvalue weighted by Gasteiger charge is 2.74. The van der Waals surface area contributed by atoms with Crippen LogP contribution in [0.25, 0.3) is 0 Å². The summed E-state index contributed by atoms with van der Waals surface area (Å²) in [6.45, 7) is 7.94. The summed E-state index contributed by atoms with van der Waals surface area (Å²) in [4.78, 5) is 25.4. The van der Waals surface area contributed by atoms with Crippen LogP contribution < -0.4 is 0 Å². The second-order valence-electron chi connectivity index (χ2n) is 20.4. The van der Waals surface area contributed by atoms with E-state index in [-0.39, 0.29) is 46.3 Å². The van der Waals surface area contributed by atoms with Crippen molar-refractivity contribution in [2.45, 2.75) is 152 Å². The Kier molecular flexibility index (Phi) is 9.53. The predicted molar refractivity (Wildman–Crippen MR) is 205 cm³/mol. The molecule has 8 aliphatic rings. The molecular weight excluding hydrogens is 712 g/mol. The number of Topliss-reactive ketones (excluding diaryl/α,β-unsaturated/α-hetero) is 2. The highest BCUT2D eigenvalue weighted by atomic mass is 16.3. The summed E-state index contributed by atoms with van der Waals surface area (Å²) >= 11 is 0. The molecule has 8 aliphatic carbocycles. The Balaban J connectivity index is 0.000000172. The number of aliphatic hydroxyl groups is 8. The Morgan fingerprint density at radius 3 is 1.18 bits per heavy atom. The van der Waals surface area contributed by atoms with Gasteiger partial charge < -0.3 is 40.9 Å². The van der Waals surface area contributed by atoms with Gasteiger partial charge in [0.05, 0.1) is 12.2 Å². The van der Waals surface area contributed by atoms with Gasteiger partial charge in [-0.1, -0.05) is 51.4 Å². The highest BCUT2D eigenvalue weighted by molar-refractivity contribution is 5.98. The van der Waals surface area contributed by atoms with E-state index in [0.717, 1.165) is 12.8 Å². The predicted octanol–water partition coefficient (Wildman–Crippen LogP) is 1.76. The number of hydrogen-bond donors (Lipinski definition) is 8. The number of aliphatic hydroxyl groups excluding tert-OH is 4. The minimum atomic E-state index is -2.00. The van der Waals surface area contributed by atoms with E-state index < -0.39 is 81.1 Å². The maximum Gasteiger partial charge on any atom is 0.206 e. The average Bonchev–Trinajstić information content (AvgIpc) is 3.42. The smallest absolute Gasteiger partial charge is 0.206 e. The molecule has 0 spiro atoms. The van der Waals surface area contributed by atoms with Gasteiger partial charge in [-0.05, 0) is 123 Å². The van der Waals surface area contributed by atoms with Crippen molar-refractivity contribution in [3.63, 3.8) is 0 Å². The molecule has 0 amide bonds. The summed E-state index contributed by atoms with van der Waals surface area (Å²) in [6, 6.07) is 0. The SMILES string of the molecule is C#C[C@]1(O)CC[C@]2(C)C3CC[C@@]4(C)C(C3[C@@H](O)C[C@@H]2C1)[C@@H](O)C(=O)[C@@]4(O)C#C.C#C[C@]1(O)CC[C@]2(C)C3CC[C@@]4(C)C(C3[C@@H](O)C[C@@H]2C1)[C@H](O)C(=O)[C@@]4(O)C#C. The highest BCUT2D eigenvalue weighted by Crippen LogP contribution is 2.70. The van der Waals surface area contributed by atoms with E-state index in [1.807, 2.05) is 0 Å². The van der Waals surface area contributed by atoms with Crippen molar-refractivity contribution in [2.24, 2.45) is 69.0 Å². The first kappa shape index (κ1) is 41.4. The third kappa shape index (κ3) is 5.11. The Morgan fingerprint density at radius 2 is 0.875 bits per heavy atom. The van der Waals surface area contributed by atoms with Gasteiger partial charge in [0, 0.05) is 22.7 Å². The fourth-order valence-corrected chi connectivity index (χ4v) is 15.0. The molecule has 8 saturated carbocycles. The molecule has 10 nitrogen and oxygen atoms in total. The lowest BCUT2D eigenvalue weighted by molar-refractivity contribution is -0.198. The lowest BCUT2D eigenvalue weighted by atomic mass is 9.43. The minimum absolute atomic E-state index is 0.0728. The zero-order valence-corrected chi connectivity index (χ0v) is 33.1. The topological polar surface area (TPSA) is 196 Å². The summed E-state index contributed by atoms with van der Waals surface area (Å²) in [6.07, 6.45) is 24.7. The van der Waals surface area contributed by atoms with Crippen molar-refractivity contribution in [1.29, 1.82) is 0 Å². The summed E-state index contributed by atoms with van der Waals surface area (Å²) < 4.78 is 0. The summed E-state index contributed by atoms with van der Waals surface area (Å²) in [5.74, 6) is 6.64. The van der Waals surface area contributed by atoms with E-state index in [9.17, 15) is 50.4 Å². The molecule has 0 saturated heterocycles. The normalized spacial score (nSPS) is 58.1. The van der Waals surface area contributed by atoms with E-state index in [1.165, 1.54) is 0 Å². The number of terminal acetylenes is 4. The number of ketones is 2. The van der Waals surface area contributed by atoms with E-state index >= 15 is 0 Å². The van der Waals surface area contributed by atoms with Crippen molar-refractivity contribution < 1.29 is 50.4 Å². The summed E-state index contributed by atoms with van der Waals surface area (Å²) in [7, 11) is 0. The van der Waals surface area contributed by atoms with Gasteiger partial charge in [-0.3, -0.25) is 9.59 Å². The molecule has 56 heavy (non-hydrogen) atoms. The standard InChI is InChI=1S/2C23H30O5/c2*1-5-22(27)10-9-20(3)13(12-22)11-15(24)16-14(20)7-8-21(4)17(16)18(25)19(26)23(21,28)6-2/h2*1-2,13-18,24-25,27-28H,7-12H2,3-4H3/t13-,14?,15+,16?,17?,18+,20+,21+,22+,23+;13-,14?,15+,16?,17?,18-,20+,21+,22+,23+/m11/s1. The second-order valence-corrected chi connectivity index (χ2v) is 20.4. The van der Waals surface area contributed by atoms with Gasteiger partial charge >= 0.3 is 0 Å². The third-order valence-corrected chi connectivity index (χ3v) is 18.5. The van der Waals surface area contributed by atoms with Crippen LogP contribution in [-0.4, -0.2) is 99.2 Å². The Bertz CT molecular complexity index is 1720. The van der Waals surface area contributed by atoms with E-state index in [0.29, 0.717) is 64.2 Å². The molecule has 6 unspecified atom stereocenters. The van der Waals surface area contributed by atoms with E-state index in [1.54, 1.807) is 13.8 Å². The fourth-order valence-electron chi connectivity index (χ4n) is 15.0. The molecule has 8 fully saturated rings. The van der Waals surface area contributed by atoms with Gasteiger partial charge in [0.2, 0.25) is 11.6 Å². The van der Waals surface area contributed by atoms with Crippen molar-refractivity contribution in [2.75, 3.05) is 0 Å². The molecular formula is C46H60O10. The van der Waals surface area contributed by atoms with Crippen LogP contribution in [0.15, 0.2) is 0 Å². The molecule has 0 bridgehead atoms. The molecule has 0 radical (unpaired) electrons. The number of rotatable bonds is 0. The van der Waals surface area contributed by atoms with Gasteiger partial charge in [-0.2, -0.15) is 0 Å².